The third-order valence-corrected chi connectivity index (χ3v) is 3.25. The van der Waals surface area contributed by atoms with Gasteiger partial charge in [-0.25, -0.2) is 0 Å². The molecule has 0 aliphatic carbocycles. The first-order valence-electron chi connectivity index (χ1n) is 6.48. The highest BCUT2D eigenvalue weighted by atomic mass is 16.4. The summed E-state index contributed by atoms with van der Waals surface area (Å²) in [4.78, 5) is 27.5. The van der Waals surface area contributed by atoms with Crippen LogP contribution in [0.3, 0.4) is 0 Å². The van der Waals surface area contributed by atoms with Gasteiger partial charge in [0.25, 0.3) is 0 Å². The maximum Gasteiger partial charge on any atom is 0.170 e. The fourth-order valence-corrected chi connectivity index (χ4v) is 2.07. The summed E-state index contributed by atoms with van der Waals surface area (Å²) in [5.41, 5.74) is 1.07. The van der Waals surface area contributed by atoms with Crippen molar-refractivity contribution in [3.8, 4) is 0 Å². The predicted octanol–water partition coefficient (Wildman–Crippen LogP) is 1.43. The van der Waals surface area contributed by atoms with E-state index in [9.17, 15) is 14.7 Å². The SMILES string of the molecule is C=C(C(=O)[O-])C(Cc1ccncc1)C(=O)c1ccccc1. The topological polar surface area (TPSA) is 70.1 Å². The van der Waals surface area contributed by atoms with Gasteiger partial charge in [0, 0.05) is 18.0 Å². The maximum atomic E-state index is 12.5. The van der Waals surface area contributed by atoms with Crippen LogP contribution < -0.4 is 5.11 Å². The fourth-order valence-electron chi connectivity index (χ4n) is 2.07. The van der Waals surface area contributed by atoms with E-state index in [-0.39, 0.29) is 17.8 Å². The van der Waals surface area contributed by atoms with Crippen molar-refractivity contribution in [2.24, 2.45) is 5.92 Å². The van der Waals surface area contributed by atoms with E-state index in [0.29, 0.717) is 5.56 Å². The van der Waals surface area contributed by atoms with Crippen LogP contribution in [0.15, 0.2) is 67.0 Å². The third-order valence-electron chi connectivity index (χ3n) is 3.25. The number of hydrogen-bond donors (Lipinski definition) is 0. The molecule has 0 aliphatic rings. The Balaban J connectivity index is 2.30. The van der Waals surface area contributed by atoms with Gasteiger partial charge in [-0.1, -0.05) is 36.9 Å². The van der Waals surface area contributed by atoms with Gasteiger partial charge in [-0.2, -0.15) is 0 Å². The molecule has 4 heteroatoms. The lowest BCUT2D eigenvalue weighted by atomic mass is 9.86. The molecule has 0 saturated carbocycles. The van der Waals surface area contributed by atoms with Gasteiger partial charge < -0.3 is 9.90 Å². The molecule has 1 heterocycles. The number of nitrogens with zero attached hydrogens (tertiary/aromatic N) is 1. The number of pyridine rings is 1. The van der Waals surface area contributed by atoms with Crippen molar-refractivity contribution in [1.82, 2.24) is 4.98 Å². The van der Waals surface area contributed by atoms with Crippen LogP contribution in [0.4, 0.5) is 0 Å². The van der Waals surface area contributed by atoms with Gasteiger partial charge in [0.2, 0.25) is 0 Å². The first kappa shape index (κ1) is 14.7. The molecule has 2 rings (SSSR count). The lowest BCUT2D eigenvalue weighted by Gasteiger charge is -2.19. The minimum absolute atomic E-state index is 0.208. The summed E-state index contributed by atoms with van der Waals surface area (Å²) in [5.74, 6) is -2.53. The molecule has 4 nitrogen and oxygen atoms in total. The number of carboxylic acids is 1. The quantitative estimate of drug-likeness (QED) is 0.593. The number of ketones is 1. The van der Waals surface area contributed by atoms with E-state index in [2.05, 4.69) is 11.6 Å². The summed E-state index contributed by atoms with van der Waals surface area (Å²) in [7, 11) is 0. The average Bonchev–Trinajstić information content (AvgIpc) is 2.53. The van der Waals surface area contributed by atoms with Gasteiger partial charge in [-0.3, -0.25) is 9.78 Å². The number of rotatable bonds is 6. The summed E-state index contributed by atoms with van der Waals surface area (Å²) in [6.45, 7) is 3.50. The number of aliphatic carboxylic acids is 1. The molecule has 106 valence electrons. The van der Waals surface area contributed by atoms with Crippen LogP contribution in [0.2, 0.25) is 0 Å². The van der Waals surface area contributed by atoms with Gasteiger partial charge in [0.15, 0.2) is 5.78 Å². The highest BCUT2D eigenvalue weighted by Crippen LogP contribution is 2.20. The van der Waals surface area contributed by atoms with E-state index in [1.54, 1.807) is 54.9 Å². The van der Waals surface area contributed by atoms with Gasteiger partial charge in [0.05, 0.1) is 11.9 Å². The van der Waals surface area contributed by atoms with Crippen molar-refractivity contribution >= 4 is 11.8 Å². The molecule has 21 heavy (non-hydrogen) atoms. The molecular formula is C17H14NO3-. The highest BCUT2D eigenvalue weighted by Gasteiger charge is 2.24. The van der Waals surface area contributed by atoms with Crippen molar-refractivity contribution in [2.45, 2.75) is 6.42 Å². The standard InChI is InChI=1S/C17H15NO3/c1-12(17(20)21)15(11-13-7-9-18-10-8-13)16(19)14-5-3-2-4-6-14/h2-10,15H,1,11H2,(H,20,21)/p-1. The molecule has 0 fully saturated rings. The van der Waals surface area contributed by atoms with Crippen LogP contribution in [-0.4, -0.2) is 16.7 Å². The first-order chi connectivity index (χ1) is 10.1. The van der Waals surface area contributed by atoms with Gasteiger partial charge in [0.1, 0.15) is 0 Å². The van der Waals surface area contributed by atoms with Crippen LogP contribution in [0.5, 0.6) is 0 Å². The lowest BCUT2D eigenvalue weighted by molar-refractivity contribution is -0.299. The number of benzene rings is 1. The summed E-state index contributed by atoms with van der Waals surface area (Å²) in [6.07, 6.45) is 3.45. The largest absolute Gasteiger partial charge is 0.545 e. The Hall–Kier alpha value is -2.75. The molecule has 0 amide bonds. The maximum absolute atomic E-state index is 12.5. The molecular weight excluding hydrogens is 266 g/mol. The molecule has 0 bridgehead atoms. The highest BCUT2D eigenvalue weighted by molar-refractivity contribution is 6.04. The Bertz CT molecular complexity index is 650. The van der Waals surface area contributed by atoms with Crippen molar-refractivity contribution in [3.05, 3.63) is 78.1 Å². The number of carboxylic acid groups (broad SMARTS) is 1. The first-order valence-corrected chi connectivity index (χ1v) is 6.48. The zero-order chi connectivity index (χ0) is 15.2. The Morgan fingerprint density at radius 1 is 1.10 bits per heavy atom. The number of carbonyl (C=O) groups is 2. The fraction of sp³-hybridized carbons (Fsp3) is 0.118. The van der Waals surface area contributed by atoms with E-state index in [0.717, 1.165) is 5.56 Å². The average molecular weight is 280 g/mol. The van der Waals surface area contributed by atoms with E-state index in [1.807, 2.05) is 0 Å². The second-order valence-corrected chi connectivity index (χ2v) is 4.66. The van der Waals surface area contributed by atoms with Crippen LogP contribution in [0.25, 0.3) is 0 Å². The Labute approximate surface area is 122 Å². The molecule has 2 aromatic rings. The summed E-state index contributed by atoms with van der Waals surface area (Å²) < 4.78 is 0. The zero-order valence-corrected chi connectivity index (χ0v) is 11.4. The predicted molar refractivity (Wildman–Crippen MR) is 76.4 cm³/mol. The second kappa shape index (κ2) is 6.61. The molecule has 1 unspecified atom stereocenters. The molecule has 1 atom stereocenters. The van der Waals surface area contributed by atoms with Crippen LogP contribution in [0.1, 0.15) is 15.9 Å². The Kier molecular flexibility index (Phi) is 4.61. The van der Waals surface area contributed by atoms with Gasteiger partial charge in [-0.05, 0) is 29.7 Å². The molecule has 1 aromatic carbocycles. The summed E-state index contributed by atoms with van der Waals surface area (Å²) >= 11 is 0. The third kappa shape index (κ3) is 3.63. The molecule has 1 aromatic heterocycles. The number of Topliss-reactive ketones (excluding diaryl/α,β-unsaturated/α-hetero) is 1. The second-order valence-electron chi connectivity index (χ2n) is 4.66. The van der Waals surface area contributed by atoms with Crippen molar-refractivity contribution in [1.29, 1.82) is 0 Å². The molecule has 0 spiro atoms. The number of aromatic nitrogens is 1. The van der Waals surface area contributed by atoms with Crippen molar-refractivity contribution in [2.75, 3.05) is 0 Å². The molecule has 0 radical (unpaired) electrons. The Morgan fingerprint density at radius 3 is 2.29 bits per heavy atom. The lowest BCUT2D eigenvalue weighted by Crippen LogP contribution is -2.32. The summed E-state index contributed by atoms with van der Waals surface area (Å²) in [6, 6.07) is 12.1. The van der Waals surface area contributed by atoms with E-state index in [4.69, 9.17) is 0 Å². The molecule has 0 saturated heterocycles. The zero-order valence-electron chi connectivity index (χ0n) is 11.4. The Morgan fingerprint density at radius 2 is 1.71 bits per heavy atom. The van der Waals surface area contributed by atoms with Crippen molar-refractivity contribution in [3.63, 3.8) is 0 Å². The van der Waals surface area contributed by atoms with E-state index >= 15 is 0 Å². The monoisotopic (exact) mass is 280 g/mol. The van der Waals surface area contributed by atoms with Crippen LogP contribution >= 0.6 is 0 Å². The van der Waals surface area contributed by atoms with Gasteiger partial charge >= 0.3 is 0 Å². The van der Waals surface area contributed by atoms with E-state index in [1.165, 1.54) is 0 Å². The summed E-state index contributed by atoms with van der Waals surface area (Å²) in [5, 5.41) is 11.1. The number of carbonyl (C=O) groups excluding carboxylic acids is 2. The van der Waals surface area contributed by atoms with E-state index < -0.39 is 11.9 Å². The van der Waals surface area contributed by atoms with Crippen LogP contribution in [-0.2, 0) is 11.2 Å². The molecule has 0 aliphatic heterocycles. The number of hydrogen-bond acceptors (Lipinski definition) is 4. The molecule has 0 N–H and O–H groups in total. The van der Waals surface area contributed by atoms with Crippen LogP contribution in [0, 0.1) is 5.92 Å². The minimum atomic E-state index is -1.40. The normalized spacial score (nSPS) is 11.6. The van der Waals surface area contributed by atoms with Crippen molar-refractivity contribution < 1.29 is 14.7 Å². The minimum Gasteiger partial charge on any atom is -0.545 e. The smallest absolute Gasteiger partial charge is 0.170 e. The van der Waals surface area contributed by atoms with Gasteiger partial charge in [-0.15, -0.1) is 0 Å².